The van der Waals surface area contributed by atoms with E-state index in [0.29, 0.717) is 25.7 Å². The summed E-state index contributed by atoms with van der Waals surface area (Å²) in [5, 5.41) is 15.3. The maximum Gasteiger partial charge on any atom is 0.306 e. The number of rotatable bonds is 6. The molecule has 2 atom stereocenters. The number of carboxylic acids is 1. The normalized spacial score (nSPS) is 32.8. The Balaban J connectivity index is 1.71. The summed E-state index contributed by atoms with van der Waals surface area (Å²) in [5.74, 6) is -0.532. The second-order valence-electron chi connectivity index (χ2n) is 6.11. The van der Waals surface area contributed by atoms with Crippen LogP contribution >= 0.6 is 0 Å². The molecule has 0 aromatic heterocycles. The van der Waals surface area contributed by atoms with E-state index in [4.69, 9.17) is 9.84 Å². The van der Waals surface area contributed by atoms with Crippen LogP contribution in [0.3, 0.4) is 0 Å². The highest BCUT2D eigenvalue weighted by molar-refractivity contribution is 5.79. The van der Waals surface area contributed by atoms with Gasteiger partial charge >= 0.3 is 5.97 Å². The number of amides is 1. The lowest BCUT2D eigenvalue weighted by Gasteiger charge is -2.27. The zero-order valence-corrected chi connectivity index (χ0v) is 12.6. The Kier molecular flexibility index (Phi) is 5.99. The van der Waals surface area contributed by atoms with Crippen LogP contribution in [0.25, 0.3) is 0 Å². The second kappa shape index (κ2) is 7.75. The minimum atomic E-state index is -0.686. The molecule has 120 valence electrons. The fourth-order valence-electron chi connectivity index (χ4n) is 3.27. The Morgan fingerprint density at radius 2 is 1.90 bits per heavy atom. The Morgan fingerprint density at radius 3 is 2.52 bits per heavy atom. The fourth-order valence-corrected chi connectivity index (χ4v) is 3.27. The molecule has 1 heterocycles. The molecule has 1 saturated heterocycles. The first-order valence-corrected chi connectivity index (χ1v) is 7.93. The maximum absolute atomic E-state index is 12.2. The monoisotopic (exact) mass is 298 g/mol. The summed E-state index contributed by atoms with van der Waals surface area (Å²) in [7, 11) is 0. The van der Waals surface area contributed by atoms with Crippen molar-refractivity contribution in [2.45, 2.75) is 38.6 Å². The number of carbonyl (C=O) groups excluding carboxylic acids is 1. The quantitative estimate of drug-likeness (QED) is 0.669. The van der Waals surface area contributed by atoms with Gasteiger partial charge < -0.3 is 20.5 Å². The van der Waals surface area contributed by atoms with Crippen LogP contribution < -0.4 is 10.6 Å². The number of hydrogen-bond donors (Lipinski definition) is 3. The number of carboxylic acid groups (broad SMARTS) is 1. The number of likely N-dealkylation sites (N-methyl/N-ethyl adjacent to an activating group) is 1. The molecule has 0 aromatic carbocycles. The lowest BCUT2D eigenvalue weighted by atomic mass is 9.82. The molecule has 0 spiro atoms. The molecule has 6 nitrogen and oxygen atoms in total. The molecule has 2 unspecified atom stereocenters. The summed E-state index contributed by atoms with van der Waals surface area (Å²) in [6, 6.07) is 0.109. The van der Waals surface area contributed by atoms with Gasteiger partial charge in [0.15, 0.2) is 0 Å². The summed E-state index contributed by atoms with van der Waals surface area (Å²) in [6.07, 6.45) is 3.22. The summed E-state index contributed by atoms with van der Waals surface area (Å²) >= 11 is 0. The van der Waals surface area contributed by atoms with Crippen molar-refractivity contribution in [2.24, 2.45) is 17.8 Å². The van der Waals surface area contributed by atoms with E-state index in [2.05, 4.69) is 10.6 Å². The van der Waals surface area contributed by atoms with Gasteiger partial charge in [-0.05, 0) is 38.1 Å². The van der Waals surface area contributed by atoms with Gasteiger partial charge in [0.2, 0.25) is 5.91 Å². The van der Waals surface area contributed by atoms with Gasteiger partial charge in [-0.2, -0.15) is 0 Å². The van der Waals surface area contributed by atoms with E-state index in [0.717, 1.165) is 32.2 Å². The molecule has 1 aliphatic carbocycles. The van der Waals surface area contributed by atoms with E-state index in [1.807, 2.05) is 6.92 Å². The predicted octanol–water partition coefficient (Wildman–Crippen LogP) is 0.618. The molecule has 1 saturated carbocycles. The third kappa shape index (κ3) is 4.41. The van der Waals surface area contributed by atoms with Gasteiger partial charge in [0.25, 0.3) is 0 Å². The van der Waals surface area contributed by atoms with Crippen LogP contribution in [-0.2, 0) is 14.3 Å². The minimum Gasteiger partial charge on any atom is -0.481 e. The van der Waals surface area contributed by atoms with Gasteiger partial charge in [0.1, 0.15) is 0 Å². The first kappa shape index (κ1) is 16.2. The molecule has 1 amide bonds. The van der Waals surface area contributed by atoms with Crippen molar-refractivity contribution in [3.8, 4) is 0 Å². The highest BCUT2D eigenvalue weighted by Gasteiger charge is 2.34. The molecule has 2 rings (SSSR count). The van der Waals surface area contributed by atoms with E-state index in [1.54, 1.807) is 0 Å². The number of nitrogens with one attached hydrogen (secondary N) is 2. The molecule has 3 N–H and O–H groups in total. The van der Waals surface area contributed by atoms with Crippen LogP contribution in [0.2, 0.25) is 0 Å². The second-order valence-corrected chi connectivity index (χ2v) is 6.11. The van der Waals surface area contributed by atoms with Crippen molar-refractivity contribution in [1.82, 2.24) is 10.6 Å². The average Bonchev–Trinajstić information content (AvgIpc) is 2.94. The van der Waals surface area contributed by atoms with Crippen LogP contribution in [0.15, 0.2) is 0 Å². The van der Waals surface area contributed by atoms with E-state index < -0.39 is 5.97 Å². The highest BCUT2D eigenvalue weighted by atomic mass is 16.5. The third-order valence-electron chi connectivity index (χ3n) is 4.64. The number of aliphatic carboxylic acids is 1. The molecule has 0 bridgehead atoms. The van der Waals surface area contributed by atoms with Crippen molar-refractivity contribution >= 4 is 11.9 Å². The summed E-state index contributed by atoms with van der Waals surface area (Å²) in [4.78, 5) is 23.1. The molecule has 2 aliphatic rings. The zero-order valence-electron chi connectivity index (χ0n) is 12.6. The van der Waals surface area contributed by atoms with Crippen LogP contribution in [0, 0.1) is 17.8 Å². The standard InChI is InChI=1S/C15H26N2O4/c1-2-16-13-9-21-8-12(13)14(18)17-7-10-3-5-11(6-4-10)15(19)20/h10-13,16H,2-9H2,1H3,(H,17,18)(H,19,20). The lowest BCUT2D eigenvalue weighted by molar-refractivity contribution is -0.143. The molecule has 1 aliphatic heterocycles. The average molecular weight is 298 g/mol. The molecule has 21 heavy (non-hydrogen) atoms. The van der Waals surface area contributed by atoms with Gasteiger partial charge in [-0.1, -0.05) is 6.92 Å². The van der Waals surface area contributed by atoms with E-state index >= 15 is 0 Å². The Morgan fingerprint density at radius 1 is 1.19 bits per heavy atom. The Bertz CT molecular complexity index is 367. The highest BCUT2D eigenvalue weighted by Crippen LogP contribution is 2.28. The maximum atomic E-state index is 12.2. The molecule has 2 fully saturated rings. The van der Waals surface area contributed by atoms with Crippen molar-refractivity contribution in [1.29, 1.82) is 0 Å². The summed E-state index contributed by atoms with van der Waals surface area (Å²) in [5.41, 5.74) is 0. The fraction of sp³-hybridized carbons (Fsp3) is 0.867. The number of hydrogen-bond acceptors (Lipinski definition) is 4. The van der Waals surface area contributed by atoms with Gasteiger partial charge in [0.05, 0.1) is 25.0 Å². The third-order valence-corrected chi connectivity index (χ3v) is 4.64. The smallest absolute Gasteiger partial charge is 0.306 e. The van der Waals surface area contributed by atoms with Gasteiger partial charge in [-0.3, -0.25) is 9.59 Å². The van der Waals surface area contributed by atoms with Crippen LogP contribution in [0.5, 0.6) is 0 Å². The predicted molar refractivity (Wildman–Crippen MR) is 77.9 cm³/mol. The topological polar surface area (TPSA) is 87.7 Å². The SMILES string of the molecule is CCNC1COCC1C(=O)NCC1CCC(C(=O)O)CC1. The number of carbonyl (C=O) groups is 2. The largest absolute Gasteiger partial charge is 0.481 e. The summed E-state index contributed by atoms with van der Waals surface area (Å²) < 4.78 is 5.39. The number of ether oxygens (including phenoxy) is 1. The van der Waals surface area contributed by atoms with Gasteiger partial charge in [0, 0.05) is 12.6 Å². The van der Waals surface area contributed by atoms with Crippen molar-refractivity contribution < 1.29 is 19.4 Å². The molecule has 6 heteroatoms. The minimum absolute atomic E-state index is 0.0545. The van der Waals surface area contributed by atoms with Crippen LogP contribution in [-0.4, -0.2) is 49.3 Å². The van der Waals surface area contributed by atoms with Crippen LogP contribution in [0.4, 0.5) is 0 Å². The zero-order chi connectivity index (χ0) is 15.2. The lowest BCUT2D eigenvalue weighted by Crippen LogP contribution is -2.45. The van der Waals surface area contributed by atoms with Crippen molar-refractivity contribution in [3.63, 3.8) is 0 Å². The summed E-state index contributed by atoms with van der Waals surface area (Å²) in [6.45, 7) is 4.58. The van der Waals surface area contributed by atoms with Gasteiger partial charge in [-0.25, -0.2) is 0 Å². The first-order valence-electron chi connectivity index (χ1n) is 7.93. The molecule has 0 aromatic rings. The van der Waals surface area contributed by atoms with Crippen molar-refractivity contribution in [3.05, 3.63) is 0 Å². The van der Waals surface area contributed by atoms with Gasteiger partial charge in [-0.15, -0.1) is 0 Å². The molecular weight excluding hydrogens is 272 g/mol. The Hall–Kier alpha value is -1.14. The van der Waals surface area contributed by atoms with E-state index in [1.165, 1.54) is 0 Å². The van der Waals surface area contributed by atoms with Crippen molar-refractivity contribution in [2.75, 3.05) is 26.3 Å². The van der Waals surface area contributed by atoms with Crippen LogP contribution in [0.1, 0.15) is 32.6 Å². The first-order chi connectivity index (χ1) is 10.1. The van der Waals surface area contributed by atoms with E-state index in [9.17, 15) is 9.59 Å². The molecular formula is C15H26N2O4. The molecule has 0 radical (unpaired) electrons. The Labute approximate surface area is 125 Å². The van der Waals surface area contributed by atoms with E-state index in [-0.39, 0.29) is 23.8 Å².